The average molecular weight is 583 g/mol. The number of ether oxygens (including phenoxy) is 2. The monoisotopic (exact) mass is 582 g/mol. The first-order valence-electron chi connectivity index (χ1n) is 13.6. The predicted octanol–water partition coefficient (Wildman–Crippen LogP) is 8.22. The minimum Gasteiger partial charge on any atom is -0.493 e. The van der Waals surface area contributed by atoms with Gasteiger partial charge in [-0.2, -0.15) is 5.26 Å². The van der Waals surface area contributed by atoms with Crippen LogP contribution in [0, 0.1) is 11.3 Å². The highest BCUT2D eigenvalue weighted by Gasteiger charge is 2.19. The molecule has 7 nitrogen and oxygen atoms in total. The van der Waals surface area contributed by atoms with Gasteiger partial charge in [0.25, 0.3) is 0 Å². The fourth-order valence-electron chi connectivity index (χ4n) is 4.55. The molecule has 2 aromatic heterocycles. The third-order valence-corrected chi connectivity index (χ3v) is 7.66. The Balaban J connectivity index is 1.34. The van der Waals surface area contributed by atoms with E-state index < -0.39 is 0 Å². The number of aromatic nitrogens is 3. The van der Waals surface area contributed by atoms with Crippen molar-refractivity contribution in [3.05, 3.63) is 132 Å². The highest BCUT2D eigenvalue weighted by atomic mass is 32.2. The van der Waals surface area contributed by atoms with Crippen LogP contribution in [0.15, 0.2) is 125 Å². The van der Waals surface area contributed by atoms with Crippen LogP contribution in [0.3, 0.4) is 0 Å². The van der Waals surface area contributed by atoms with Crippen molar-refractivity contribution >= 4 is 11.8 Å². The van der Waals surface area contributed by atoms with Gasteiger partial charge in [0.15, 0.2) is 11.5 Å². The second-order valence-electron chi connectivity index (χ2n) is 9.51. The molecule has 2 heterocycles. The van der Waals surface area contributed by atoms with Crippen molar-refractivity contribution in [2.45, 2.75) is 17.4 Å². The SMILES string of the molecule is COc1cc(-c2cc(-c3ccccc3)nc(SCc3nnc(-c4ccccc4)o3)c2C#N)ccc1OCc1ccccc1. The summed E-state index contributed by atoms with van der Waals surface area (Å²) >= 11 is 1.38. The van der Waals surface area contributed by atoms with Crippen molar-refractivity contribution < 1.29 is 13.9 Å². The zero-order chi connectivity index (χ0) is 29.4. The Bertz CT molecular complexity index is 1870. The van der Waals surface area contributed by atoms with Gasteiger partial charge in [-0.15, -0.1) is 10.2 Å². The van der Waals surface area contributed by atoms with Gasteiger partial charge in [0, 0.05) is 16.7 Å². The van der Waals surface area contributed by atoms with E-state index in [1.807, 2.05) is 115 Å². The first-order valence-corrected chi connectivity index (χ1v) is 14.6. The lowest BCUT2D eigenvalue weighted by molar-refractivity contribution is 0.284. The van der Waals surface area contributed by atoms with Crippen molar-refractivity contribution in [1.82, 2.24) is 15.2 Å². The average Bonchev–Trinajstić information content (AvgIpc) is 3.56. The minimum absolute atomic E-state index is 0.356. The molecule has 0 spiro atoms. The molecule has 0 radical (unpaired) electrons. The molecule has 0 unspecified atom stereocenters. The van der Waals surface area contributed by atoms with Gasteiger partial charge in [-0.25, -0.2) is 4.98 Å². The molecule has 0 saturated carbocycles. The molecule has 6 aromatic rings. The molecule has 6 rings (SSSR count). The van der Waals surface area contributed by atoms with Crippen molar-refractivity contribution in [1.29, 1.82) is 5.26 Å². The molecule has 210 valence electrons. The highest BCUT2D eigenvalue weighted by molar-refractivity contribution is 7.98. The van der Waals surface area contributed by atoms with Crippen LogP contribution >= 0.6 is 11.8 Å². The lowest BCUT2D eigenvalue weighted by atomic mass is 9.99. The Morgan fingerprint density at radius 3 is 2.16 bits per heavy atom. The fraction of sp³-hybridized carbons (Fsp3) is 0.0857. The topological polar surface area (TPSA) is 94.1 Å². The number of rotatable bonds is 10. The van der Waals surface area contributed by atoms with Crippen LogP contribution in [0.4, 0.5) is 0 Å². The number of methoxy groups -OCH3 is 1. The molecule has 0 bridgehead atoms. The Kier molecular flexibility index (Phi) is 8.44. The first kappa shape index (κ1) is 27.8. The minimum atomic E-state index is 0.356. The summed E-state index contributed by atoms with van der Waals surface area (Å²) in [5, 5.41) is 19.3. The van der Waals surface area contributed by atoms with E-state index >= 15 is 0 Å². The Morgan fingerprint density at radius 1 is 0.767 bits per heavy atom. The van der Waals surface area contributed by atoms with E-state index in [-0.39, 0.29) is 0 Å². The summed E-state index contributed by atoms with van der Waals surface area (Å²) < 4.78 is 17.7. The third kappa shape index (κ3) is 6.43. The molecular weight excluding hydrogens is 556 g/mol. The number of pyridine rings is 1. The van der Waals surface area contributed by atoms with Gasteiger partial charge < -0.3 is 13.9 Å². The summed E-state index contributed by atoms with van der Waals surface area (Å²) in [6.07, 6.45) is 0. The number of benzene rings is 4. The van der Waals surface area contributed by atoms with Gasteiger partial charge in [-0.3, -0.25) is 0 Å². The van der Waals surface area contributed by atoms with E-state index in [0.717, 1.165) is 33.5 Å². The molecule has 8 heteroatoms. The maximum atomic E-state index is 10.4. The van der Waals surface area contributed by atoms with Gasteiger partial charge in [-0.05, 0) is 41.5 Å². The van der Waals surface area contributed by atoms with E-state index in [1.54, 1.807) is 7.11 Å². The second-order valence-corrected chi connectivity index (χ2v) is 10.5. The molecular formula is C35H26N4O3S. The highest BCUT2D eigenvalue weighted by Crippen LogP contribution is 2.39. The number of hydrogen-bond acceptors (Lipinski definition) is 8. The van der Waals surface area contributed by atoms with Gasteiger partial charge in [0.1, 0.15) is 17.7 Å². The zero-order valence-corrected chi connectivity index (χ0v) is 24.1. The van der Waals surface area contributed by atoms with E-state index in [4.69, 9.17) is 18.9 Å². The van der Waals surface area contributed by atoms with Crippen LogP contribution in [0.25, 0.3) is 33.8 Å². The van der Waals surface area contributed by atoms with Crippen molar-refractivity contribution in [2.75, 3.05) is 7.11 Å². The quantitative estimate of drug-likeness (QED) is 0.149. The molecule has 0 aliphatic heterocycles. The van der Waals surface area contributed by atoms with E-state index in [1.165, 1.54) is 11.8 Å². The van der Waals surface area contributed by atoms with Crippen LogP contribution < -0.4 is 9.47 Å². The molecule has 0 atom stereocenters. The van der Waals surface area contributed by atoms with Crippen LogP contribution in [-0.4, -0.2) is 22.3 Å². The van der Waals surface area contributed by atoms with E-state index in [9.17, 15) is 5.26 Å². The number of nitrogens with zero attached hydrogens (tertiary/aromatic N) is 4. The van der Waals surface area contributed by atoms with Gasteiger partial charge >= 0.3 is 0 Å². The molecule has 4 aromatic carbocycles. The number of hydrogen-bond donors (Lipinski definition) is 0. The molecule has 0 saturated heterocycles. The summed E-state index contributed by atoms with van der Waals surface area (Å²) in [7, 11) is 1.61. The fourth-order valence-corrected chi connectivity index (χ4v) is 5.39. The van der Waals surface area contributed by atoms with Crippen molar-refractivity contribution in [3.8, 4) is 51.4 Å². The van der Waals surface area contributed by atoms with Crippen LogP contribution in [0.2, 0.25) is 0 Å². The van der Waals surface area contributed by atoms with Crippen LogP contribution in [0.5, 0.6) is 11.5 Å². The van der Waals surface area contributed by atoms with E-state index in [2.05, 4.69) is 16.3 Å². The predicted molar refractivity (Wildman–Crippen MR) is 166 cm³/mol. The van der Waals surface area contributed by atoms with Crippen LogP contribution in [-0.2, 0) is 12.4 Å². The Morgan fingerprint density at radius 2 is 1.47 bits per heavy atom. The second kappa shape index (κ2) is 13.1. The van der Waals surface area contributed by atoms with Crippen molar-refractivity contribution in [3.63, 3.8) is 0 Å². The number of thioether (sulfide) groups is 1. The summed E-state index contributed by atoms with van der Waals surface area (Å²) in [4.78, 5) is 4.90. The van der Waals surface area contributed by atoms with E-state index in [0.29, 0.717) is 46.2 Å². The third-order valence-electron chi connectivity index (χ3n) is 6.70. The molecule has 0 amide bonds. The zero-order valence-electron chi connectivity index (χ0n) is 23.3. The molecule has 0 N–H and O–H groups in total. The molecule has 0 aliphatic carbocycles. The molecule has 43 heavy (non-hydrogen) atoms. The summed E-state index contributed by atoms with van der Waals surface area (Å²) in [6.45, 7) is 0.413. The standard InChI is InChI=1S/C35H26N4O3S/c1-40-32-19-27(17-18-31(32)41-22-24-11-5-2-6-12-24)28-20-30(25-13-7-3-8-14-25)37-35(29(28)21-36)43-23-33-38-39-34(42-33)26-15-9-4-10-16-26/h2-20H,22-23H2,1H3. The van der Waals surface area contributed by atoms with Crippen molar-refractivity contribution in [2.24, 2.45) is 0 Å². The van der Waals surface area contributed by atoms with Gasteiger partial charge in [0.05, 0.1) is 24.1 Å². The van der Waals surface area contributed by atoms with Gasteiger partial charge in [0.2, 0.25) is 11.8 Å². The summed E-state index contributed by atoms with van der Waals surface area (Å²) in [6, 6.07) is 39.5. The molecule has 0 fully saturated rings. The van der Waals surface area contributed by atoms with Crippen LogP contribution in [0.1, 0.15) is 17.0 Å². The first-order chi connectivity index (χ1) is 21.2. The lowest BCUT2D eigenvalue weighted by Crippen LogP contribution is -1.99. The largest absolute Gasteiger partial charge is 0.493 e. The van der Waals surface area contributed by atoms with Gasteiger partial charge in [-0.1, -0.05) is 96.7 Å². The summed E-state index contributed by atoms with van der Waals surface area (Å²) in [5.41, 5.74) is 5.59. The number of nitriles is 1. The lowest BCUT2D eigenvalue weighted by Gasteiger charge is -2.15. The maximum Gasteiger partial charge on any atom is 0.247 e. The Labute approximate surface area is 253 Å². The summed E-state index contributed by atoms with van der Waals surface area (Å²) in [5.74, 6) is 2.44. The maximum absolute atomic E-state index is 10.4. The smallest absolute Gasteiger partial charge is 0.247 e. The normalized spacial score (nSPS) is 10.7. The molecule has 0 aliphatic rings. The Hall–Kier alpha value is -5.39.